The van der Waals surface area contributed by atoms with Crippen molar-refractivity contribution in [3.8, 4) is 5.75 Å². The number of carbonyl (C=O) groups is 1. The molecule has 0 heterocycles. The standard InChI is InChI=1S/C11H10F4O3/c1-7(16)8-2-3-10(9(12)6-8)17-4-5-18-11(13,14)15/h2-3,6H,4-5H2,1H3. The van der Waals surface area contributed by atoms with Gasteiger partial charge >= 0.3 is 6.36 Å². The molecule has 0 radical (unpaired) electrons. The summed E-state index contributed by atoms with van der Waals surface area (Å²) in [5, 5.41) is 0. The molecule has 0 aliphatic heterocycles. The van der Waals surface area contributed by atoms with Gasteiger partial charge in [-0.25, -0.2) is 4.39 Å². The van der Waals surface area contributed by atoms with Crippen molar-refractivity contribution < 1.29 is 31.8 Å². The number of ether oxygens (including phenoxy) is 2. The molecule has 1 rings (SSSR count). The molecule has 0 atom stereocenters. The van der Waals surface area contributed by atoms with E-state index in [4.69, 9.17) is 4.74 Å². The highest BCUT2D eigenvalue weighted by molar-refractivity contribution is 5.94. The molecule has 1 aromatic carbocycles. The van der Waals surface area contributed by atoms with Gasteiger partial charge in [0.25, 0.3) is 0 Å². The highest BCUT2D eigenvalue weighted by Gasteiger charge is 2.28. The maximum atomic E-state index is 13.3. The second-order valence-electron chi connectivity index (χ2n) is 3.34. The van der Waals surface area contributed by atoms with Crippen molar-refractivity contribution in [2.75, 3.05) is 13.2 Å². The Labute approximate surface area is 100 Å². The summed E-state index contributed by atoms with van der Waals surface area (Å²) >= 11 is 0. The van der Waals surface area contributed by atoms with Crippen molar-refractivity contribution in [3.05, 3.63) is 29.6 Å². The third-order valence-electron chi connectivity index (χ3n) is 1.95. The Balaban J connectivity index is 2.51. The number of halogens is 4. The fourth-order valence-electron chi connectivity index (χ4n) is 1.15. The van der Waals surface area contributed by atoms with Gasteiger partial charge in [-0.2, -0.15) is 0 Å². The van der Waals surface area contributed by atoms with Gasteiger partial charge in [0.2, 0.25) is 0 Å². The lowest BCUT2D eigenvalue weighted by Gasteiger charge is -2.09. The molecule has 0 aromatic heterocycles. The van der Waals surface area contributed by atoms with Gasteiger partial charge in [0.05, 0.1) is 6.61 Å². The Bertz CT molecular complexity index is 429. The molecule has 0 fully saturated rings. The first-order valence-electron chi connectivity index (χ1n) is 4.93. The summed E-state index contributed by atoms with van der Waals surface area (Å²) in [5.74, 6) is -1.36. The van der Waals surface area contributed by atoms with Gasteiger partial charge in [-0.1, -0.05) is 0 Å². The van der Waals surface area contributed by atoms with Gasteiger partial charge in [0.1, 0.15) is 6.61 Å². The zero-order valence-corrected chi connectivity index (χ0v) is 9.38. The van der Waals surface area contributed by atoms with E-state index in [9.17, 15) is 22.4 Å². The number of alkyl halides is 3. The lowest BCUT2D eigenvalue weighted by atomic mass is 10.1. The van der Waals surface area contributed by atoms with Crippen LogP contribution in [0.15, 0.2) is 18.2 Å². The highest BCUT2D eigenvalue weighted by atomic mass is 19.4. The van der Waals surface area contributed by atoms with Crippen LogP contribution in [0.2, 0.25) is 0 Å². The average Bonchev–Trinajstić information content (AvgIpc) is 2.24. The minimum Gasteiger partial charge on any atom is -0.488 e. The van der Waals surface area contributed by atoms with Gasteiger partial charge < -0.3 is 4.74 Å². The number of benzene rings is 1. The van der Waals surface area contributed by atoms with Crippen LogP contribution in [0.3, 0.4) is 0 Å². The minimum atomic E-state index is -4.74. The van der Waals surface area contributed by atoms with Crippen LogP contribution in [0, 0.1) is 5.82 Å². The second kappa shape index (κ2) is 5.81. The molecule has 1 aromatic rings. The number of ketones is 1. The predicted molar refractivity (Wildman–Crippen MR) is 53.9 cm³/mol. The number of carbonyl (C=O) groups excluding carboxylic acids is 1. The largest absolute Gasteiger partial charge is 0.522 e. The van der Waals surface area contributed by atoms with Crippen molar-refractivity contribution in [1.29, 1.82) is 0 Å². The molecule has 0 N–H and O–H groups in total. The minimum absolute atomic E-state index is 0.159. The van der Waals surface area contributed by atoms with Crippen LogP contribution in [0.25, 0.3) is 0 Å². The van der Waals surface area contributed by atoms with E-state index in [2.05, 4.69) is 4.74 Å². The Hall–Kier alpha value is -1.63. The Kier molecular flexibility index (Phi) is 4.66. The molecular formula is C11H10F4O3. The van der Waals surface area contributed by atoms with Crippen LogP contribution in [-0.4, -0.2) is 25.4 Å². The maximum absolute atomic E-state index is 13.3. The third-order valence-corrected chi connectivity index (χ3v) is 1.95. The quantitative estimate of drug-likeness (QED) is 0.467. The fraction of sp³-hybridized carbons (Fsp3) is 0.364. The number of hydrogen-bond acceptors (Lipinski definition) is 3. The van der Waals surface area contributed by atoms with Gasteiger partial charge in [-0.15, -0.1) is 13.2 Å². The molecular weight excluding hydrogens is 256 g/mol. The van der Waals surface area contributed by atoms with Crippen LogP contribution in [0.5, 0.6) is 5.75 Å². The Morgan fingerprint density at radius 1 is 1.28 bits per heavy atom. The maximum Gasteiger partial charge on any atom is 0.522 e. The summed E-state index contributed by atoms with van der Waals surface area (Å²) < 4.78 is 56.4. The topological polar surface area (TPSA) is 35.5 Å². The second-order valence-corrected chi connectivity index (χ2v) is 3.34. The van der Waals surface area contributed by atoms with Crippen LogP contribution >= 0.6 is 0 Å². The first kappa shape index (κ1) is 14.4. The van der Waals surface area contributed by atoms with E-state index >= 15 is 0 Å². The normalized spacial score (nSPS) is 11.4. The van der Waals surface area contributed by atoms with E-state index in [1.54, 1.807) is 0 Å². The number of Topliss-reactive ketones (excluding diaryl/α,β-unsaturated/α-hetero) is 1. The number of rotatable bonds is 5. The molecule has 18 heavy (non-hydrogen) atoms. The van der Waals surface area contributed by atoms with Gasteiger partial charge in [0.15, 0.2) is 17.3 Å². The van der Waals surface area contributed by atoms with Gasteiger partial charge in [-0.3, -0.25) is 9.53 Å². The van der Waals surface area contributed by atoms with E-state index in [0.29, 0.717) is 0 Å². The molecule has 0 aliphatic rings. The smallest absolute Gasteiger partial charge is 0.488 e. The van der Waals surface area contributed by atoms with Gasteiger partial charge in [-0.05, 0) is 25.1 Å². The van der Waals surface area contributed by atoms with Crippen molar-refractivity contribution in [2.45, 2.75) is 13.3 Å². The summed E-state index contributed by atoms with van der Waals surface area (Å²) in [6.45, 7) is 0.0831. The highest BCUT2D eigenvalue weighted by Crippen LogP contribution is 2.19. The van der Waals surface area contributed by atoms with Gasteiger partial charge in [0, 0.05) is 5.56 Å². The van der Waals surface area contributed by atoms with E-state index in [0.717, 1.165) is 6.07 Å². The summed E-state index contributed by atoms with van der Waals surface area (Å²) in [4.78, 5) is 10.9. The van der Waals surface area contributed by atoms with E-state index < -0.39 is 25.4 Å². The lowest BCUT2D eigenvalue weighted by molar-refractivity contribution is -0.325. The third kappa shape index (κ3) is 4.70. The molecule has 0 bridgehead atoms. The van der Waals surface area contributed by atoms with E-state index in [1.807, 2.05) is 0 Å². The molecule has 0 spiro atoms. The summed E-state index contributed by atoms with van der Waals surface area (Å²) in [5.41, 5.74) is 0.159. The molecule has 100 valence electrons. The zero-order valence-electron chi connectivity index (χ0n) is 9.38. The molecule has 7 heteroatoms. The molecule has 0 amide bonds. The number of hydrogen-bond donors (Lipinski definition) is 0. The van der Waals surface area contributed by atoms with Crippen molar-refractivity contribution in [2.24, 2.45) is 0 Å². The van der Waals surface area contributed by atoms with E-state index in [1.165, 1.54) is 19.1 Å². The van der Waals surface area contributed by atoms with Crippen LogP contribution in [-0.2, 0) is 4.74 Å². The predicted octanol–water partition coefficient (Wildman–Crippen LogP) is 2.94. The molecule has 0 unspecified atom stereocenters. The van der Waals surface area contributed by atoms with Crippen molar-refractivity contribution >= 4 is 5.78 Å². The zero-order chi connectivity index (χ0) is 13.8. The molecule has 3 nitrogen and oxygen atoms in total. The molecule has 0 aliphatic carbocycles. The Morgan fingerprint density at radius 2 is 1.94 bits per heavy atom. The van der Waals surface area contributed by atoms with E-state index in [-0.39, 0.29) is 17.1 Å². The molecule has 0 saturated carbocycles. The van der Waals surface area contributed by atoms with Crippen LogP contribution in [0.4, 0.5) is 17.6 Å². The molecule has 0 saturated heterocycles. The summed E-state index contributed by atoms with van der Waals surface area (Å²) in [7, 11) is 0. The average molecular weight is 266 g/mol. The lowest BCUT2D eigenvalue weighted by Crippen LogP contribution is -2.18. The van der Waals surface area contributed by atoms with Crippen LogP contribution < -0.4 is 4.74 Å². The summed E-state index contributed by atoms with van der Waals surface area (Å²) in [6, 6.07) is 3.47. The fourth-order valence-corrected chi connectivity index (χ4v) is 1.15. The first-order chi connectivity index (χ1) is 8.29. The first-order valence-corrected chi connectivity index (χ1v) is 4.93. The monoisotopic (exact) mass is 266 g/mol. The van der Waals surface area contributed by atoms with Crippen LogP contribution in [0.1, 0.15) is 17.3 Å². The Morgan fingerprint density at radius 3 is 2.44 bits per heavy atom. The van der Waals surface area contributed by atoms with Crippen molar-refractivity contribution in [3.63, 3.8) is 0 Å². The SMILES string of the molecule is CC(=O)c1ccc(OCCOC(F)(F)F)c(F)c1. The summed E-state index contributed by atoms with van der Waals surface area (Å²) in [6.07, 6.45) is -4.74. The van der Waals surface area contributed by atoms with Crippen molar-refractivity contribution in [1.82, 2.24) is 0 Å².